The maximum absolute atomic E-state index is 14.4. The van der Waals surface area contributed by atoms with Crippen LogP contribution in [0.4, 0.5) is 14.9 Å². The Labute approximate surface area is 135 Å². The first-order chi connectivity index (χ1) is 11.6. The summed E-state index contributed by atoms with van der Waals surface area (Å²) in [7, 11) is 0. The van der Waals surface area contributed by atoms with Gasteiger partial charge in [0.25, 0.3) is 0 Å². The van der Waals surface area contributed by atoms with Crippen molar-refractivity contribution in [1.82, 2.24) is 9.55 Å². The summed E-state index contributed by atoms with van der Waals surface area (Å²) in [6.45, 7) is -0.133. The minimum Gasteiger partial charge on any atom is -0.444 e. The number of halogens is 1. The number of carbonyl (C=O) groups is 1. The highest BCUT2D eigenvalue weighted by Gasteiger charge is 2.32. The number of aliphatic hydroxyl groups excluding tert-OH is 1. The number of hydrogen-bond donors (Lipinski definition) is 1. The molecule has 0 saturated carbocycles. The smallest absolute Gasteiger partial charge is 0.414 e. The molecule has 1 aliphatic rings. The molecule has 124 valence electrons. The number of carbonyl (C=O) groups excluding carboxylic acids is 1. The van der Waals surface area contributed by atoms with Gasteiger partial charge in [-0.15, -0.1) is 0 Å². The van der Waals surface area contributed by atoms with Crippen molar-refractivity contribution in [1.29, 1.82) is 0 Å². The number of anilines is 1. The van der Waals surface area contributed by atoms with Gasteiger partial charge in [-0.1, -0.05) is 5.11 Å². The topological polar surface area (TPSA) is 116 Å². The Hall–Kier alpha value is -3.10. The fourth-order valence-electron chi connectivity index (χ4n) is 2.48. The Morgan fingerprint density at radius 3 is 3.08 bits per heavy atom. The number of nitrogens with zero attached hydrogens (tertiary/aromatic N) is 6. The summed E-state index contributed by atoms with van der Waals surface area (Å²) in [5.74, 6) is -0.275. The van der Waals surface area contributed by atoms with E-state index in [1.54, 1.807) is 6.07 Å². The molecule has 1 N–H and O–H groups in total. The van der Waals surface area contributed by atoms with Gasteiger partial charge in [-0.05, 0) is 23.7 Å². The average Bonchev–Trinajstić information content (AvgIpc) is 3.19. The summed E-state index contributed by atoms with van der Waals surface area (Å²) in [5, 5.41) is 12.6. The van der Waals surface area contributed by atoms with E-state index in [2.05, 4.69) is 15.0 Å². The molecule has 0 radical (unpaired) electrons. The van der Waals surface area contributed by atoms with Crippen LogP contribution in [-0.4, -0.2) is 39.9 Å². The van der Waals surface area contributed by atoms with Gasteiger partial charge >= 0.3 is 6.09 Å². The van der Waals surface area contributed by atoms with E-state index in [1.165, 1.54) is 34.0 Å². The third kappa shape index (κ3) is 2.87. The summed E-state index contributed by atoms with van der Waals surface area (Å²) < 4.78 is 20.9. The Morgan fingerprint density at radius 1 is 1.54 bits per heavy atom. The van der Waals surface area contributed by atoms with Crippen molar-refractivity contribution in [3.05, 3.63) is 52.7 Å². The van der Waals surface area contributed by atoms with E-state index < -0.39 is 18.0 Å². The lowest BCUT2D eigenvalue weighted by Crippen LogP contribution is -2.25. The molecule has 0 aliphatic carbocycles. The molecular weight excluding hydrogens is 319 g/mol. The number of azide groups is 1. The SMILES string of the molecule is [N-]=[N+]=NCC1CN(c2ccc(-n3ccnc3CO)c(F)c2)C(=O)O1. The summed E-state index contributed by atoms with van der Waals surface area (Å²) in [4.78, 5) is 19.7. The van der Waals surface area contributed by atoms with Crippen molar-refractivity contribution in [3.8, 4) is 5.69 Å². The molecular formula is C14H13FN6O3. The molecule has 24 heavy (non-hydrogen) atoms. The fourth-order valence-corrected chi connectivity index (χ4v) is 2.48. The third-order valence-corrected chi connectivity index (χ3v) is 3.58. The molecule has 0 spiro atoms. The van der Waals surface area contributed by atoms with Crippen LogP contribution in [-0.2, 0) is 11.3 Å². The quantitative estimate of drug-likeness (QED) is 0.513. The molecule has 1 fully saturated rings. The van der Waals surface area contributed by atoms with Crippen molar-refractivity contribution in [3.63, 3.8) is 0 Å². The van der Waals surface area contributed by atoms with Gasteiger partial charge < -0.3 is 9.84 Å². The van der Waals surface area contributed by atoms with Crippen molar-refractivity contribution < 1.29 is 19.0 Å². The van der Waals surface area contributed by atoms with Crippen molar-refractivity contribution >= 4 is 11.8 Å². The van der Waals surface area contributed by atoms with E-state index in [9.17, 15) is 14.3 Å². The maximum Gasteiger partial charge on any atom is 0.414 e. The van der Waals surface area contributed by atoms with Gasteiger partial charge in [0.2, 0.25) is 0 Å². The zero-order valence-electron chi connectivity index (χ0n) is 12.4. The molecule has 1 aliphatic heterocycles. The zero-order valence-corrected chi connectivity index (χ0v) is 12.4. The Morgan fingerprint density at radius 2 is 2.38 bits per heavy atom. The fraction of sp³-hybridized carbons (Fsp3) is 0.286. The second-order valence-electron chi connectivity index (χ2n) is 5.04. The number of imidazole rings is 1. The van der Waals surface area contributed by atoms with Gasteiger partial charge in [-0.2, -0.15) is 0 Å². The number of hydrogen-bond acceptors (Lipinski definition) is 5. The van der Waals surface area contributed by atoms with Crippen LogP contribution < -0.4 is 4.90 Å². The van der Waals surface area contributed by atoms with Gasteiger partial charge in [0.1, 0.15) is 24.4 Å². The van der Waals surface area contributed by atoms with Crippen molar-refractivity contribution in [2.75, 3.05) is 18.0 Å². The number of aromatic nitrogens is 2. The lowest BCUT2D eigenvalue weighted by atomic mass is 10.2. The lowest BCUT2D eigenvalue weighted by molar-refractivity contribution is 0.145. The van der Waals surface area contributed by atoms with Crippen LogP contribution in [0, 0.1) is 5.82 Å². The average molecular weight is 332 g/mol. The van der Waals surface area contributed by atoms with E-state index in [0.717, 1.165) is 0 Å². The number of cyclic esters (lactones) is 1. The highest BCUT2D eigenvalue weighted by Crippen LogP contribution is 2.26. The first-order valence-electron chi connectivity index (χ1n) is 7.06. The van der Waals surface area contributed by atoms with E-state index >= 15 is 0 Å². The molecule has 1 atom stereocenters. The number of aliphatic hydroxyl groups is 1. The summed E-state index contributed by atoms with van der Waals surface area (Å²) in [6.07, 6.45) is 1.80. The van der Waals surface area contributed by atoms with E-state index in [0.29, 0.717) is 11.5 Å². The van der Waals surface area contributed by atoms with Crippen LogP contribution in [0.3, 0.4) is 0 Å². The second-order valence-corrected chi connectivity index (χ2v) is 5.04. The Kier molecular flexibility index (Phi) is 4.32. The summed E-state index contributed by atoms with van der Waals surface area (Å²) in [6, 6.07) is 4.25. The molecule has 3 rings (SSSR count). The van der Waals surface area contributed by atoms with E-state index in [1.807, 2.05) is 0 Å². The van der Waals surface area contributed by atoms with Crippen LogP contribution in [0.25, 0.3) is 16.1 Å². The molecule has 1 aromatic heterocycles. The van der Waals surface area contributed by atoms with Gasteiger partial charge in [-0.25, -0.2) is 14.2 Å². The van der Waals surface area contributed by atoms with Crippen molar-refractivity contribution in [2.24, 2.45) is 5.11 Å². The Bertz CT molecular complexity index is 817. The highest BCUT2D eigenvalue weighted by molar-refractivity contribution is 5.89. The largest absolute Gasteiger partial charge is 0.444 e. The zero-order chi connectivity index (χ0) is 17.1. The second kappa shape index (κ2) is 6.57. The van der Waals surface area contributed by atoms with Gasteiger partial charge in [0, 0.05) is 17.3 Å². The molecule has 1 amide bonds. The molecule has 0 bridgehead atoms. The van der Waals surface area contributed by atoms with Gasteiger partial charge in [0.05, 0.1) is 24.5 Å². The molecule has 10 heteroatoms. The van der Waals surface area contributed by atoms with Crippen LogP contribution in [0.15, 0.2) is 35.7 Å². The van der Waals surface area contributed by atoms with Gasteiger partial charge in [-0.3, -0.25) is 9.47 Å². The van der Waals surface area contributed by atoms with E-state index in [4.69, 9.17) is 10.3 Å². The third-order valence-electron chi connectivity index (χ3n) is 3.58. The minimum atomic E-state index is -0.626. The number of ether oxygens (including phenoxy) is 1. The van der Waals surface area contributed by atoms with E-state index in [-0.39, 0.29) is 25.4 Å². The standard InChI is InChI=1S/C14H13FN6O3/c15-11-5-9(21-7-10(6-18-19-16)24-14(21)23)1-2-12(11)20-4-3-17-13(20)8-22/h1-5,10,22H,6-8H2. The molecule has 2 heterocycles. The first-order valence-corrected chi connectivity index (χ1v) is 7.06. The van der Waals surface area contributed by atoms with Crippen LogP contribution >= 0.6 is 0 Å². The number of amides is 1. The normalized spacial score (nSPS) is 16.8. The summed E-state index contributed by atoms with van der Waals surface area (Å²) >= 11 is 0. The van der Waals surface area contributed by atoms with Crippen LogP contribution in [0.2, 0.25) is 0 Å². The summed E-state index contributed by atoms with van der Waals surface area (Å²) in [5.41, 5.74) is 8.84. The molecule has 9 nitrogen and oxygen atoms in total. The molecule has 1 saturated heterocycles. The van der Waals surface area contributed by atoms with Crippen LogP contribution in [0.1, 0.15) is 5.82 Å². The molecule has 1 unspecified atom stereocenters. The van der Waals surface area contributed by atoms with Crippen LogP contribution in [0.5, 0.6) is 0 Å². The predicted octanol–water partition coefficient (Wildman–Crippen LogP) is 2.14. The number of rotatable bonds is 5. The van der Waals surface area contributed by atoms with Crippen molar-refractivity contribution in [2.45, 2.75) is 12.7 Å². The Balaban J connectivity index is 1.85. The minimum absolute atomic E-state index is 0.0220. The first kappa shape index (κ1) is 15.8. The lowest BCUT2D eigenvalue weighted by Gasteiger charge is -2.15. The predicted molar refractivity (Wildman–Crippen MR) is 81.1 cm³/mol. The van der Waals surface area contributed by atoms with Gasteiger partial charge in [0.15, 0.2) is 0 Å². The molecule has 1 aromatic carbocycles. The highest BCUT2D eigenvalue weighted by atomic mass is 19.1. The number of benzene rings is 1. The molecule has 2 aromatic rings. The monoisotopic (exact) mass is 332 g/mol. The maximum atomic E-state index is 14.4.